The number of ether oxygens (including phenoxy) is 1. The average Bonchev–Trinajstić information content (AvgIpc) is 3.00. The van der Waals surface area contributed by atoms with Crippen LogP contribution in [0, 0.1) is 22.7 Å². The summed E-state index contributed by atoms with van der Waals surface area (Å²) in [7, 11) is 0. The lowest BCUT2D eigenvalue weighted by atomic mass is 9.66. The van der Waals surface area contributed by atoms with Crippen LogP contribution in [0.25, 0.3) is 0 Å². The maximum Gasteiger partial charge on any atom is 0.0879 e. The Morgan fingerprint density at radius 2 is 2.16 bits per heavy atom. The van der Waals surface area contributed by atoms with Crippen LogP contribution in [-0.2, 0) is 17.6 Å². The summed E-state index contributed by atoms with van der Waals surface area (Å²) in [6.45, 7) is 1.30. The Morgan fingerprint density at radius 3 is 2.84 bits per heavy atom. The molecule has 1 saturated heterocycles. The molecule has 1 N–H and O–H groups in total. The van der Waals surface area contributed by atoms with Gasteiger partial charge >= 0.3 is 0 Å². The molecule has 0 radical (unpaired) electrons. The third kappa shape index (κ3) is 2.16. The lowest BCUT2D eigenvalue weighted by molar-refractivity contribution is 0.00136. The van der Waals surface area contributed by atoms with Crippen molar-refractivity contribution in [2.24, 2.45) is 11.3 Å². The lowest BCUT2D eigenvalue weighted by Gasteiger charge is -2.38. The predicted octanol–water partition coefficient (Wildman–Crippen LogP) is 2.08. The quantitative estimate of drug-likeness (QED) is 0.882. The molecular weight excluding hydrogens is 238 g/mol. The fourth-order valence-electron chi connectivity index (χ4n) is 3.43. The normalized spacial score (nSPS) is 31.5. The lowest BCUT2D eigenvalue weighted by Crippen LogP contribution is -2.43. The van der Waals surface area contributed by atoms with Crippen LogP contribution in [0.2, 0.25) is 0 Å². The van der Waals surface area contributed by atoms with E-state index in [1.807, 2.05) is 12.1 Å². The van der Waals surface area contributed by atoms with Gasteiger partial charge in [-0.2, -0.15) is 5.26 Å². The van der Waals surface area contributed by atoms with Crippen molar-refractivity contribution in [2.45, 2.75) is 31.8 Å². The number of nitrogens with zero attached hydrogens (tertiary/aromatic N) is 1. The molecule has 1 aliphatic carbocycles. The van der Waals surface area contributed by atoms with Crippen molar-refractivity contribution in [1.82, 2.24) is 0 Å². The highest BCUT2D eigenvalue weighted by Gasteiger charge is 2.45. The Hall–Kier alpha value is -1.37. The van der Waals surface area contributed by atoms with Gasteiger partial charge in [0.15, 0.2) is 0 Å². The Morgan fingerprint density at radius 1 is 1.37 bits per heavy atom. The van der Waals surface area contributed by atoms with E-state index in [-0.39, 0.29) is 5.92 Å². The van der Waals surface area contributed by atoms with Gasteiger partial charge < -0.3 is 9.84 Å². The number of nitriles is 1. The molecule has 0 aromatic heterocycles. The van der Waals surface area contributed by atoms with Gasteiger partial charge in [-0.3, -0.25) is 0 Å². The molecule has 2 aliphatic rings. The molecule has 0 bridgehead atoms. The molecule has 1 aromatic rings. The molecule has 3 atom stereocenters. The van der Waals surface area contributed by atoms with Crippen molar-refractivity contribution >= 4 is 0 Å². The molecule has 1 heterocycles. The number of benzene rings is 1. The van der Waals surface area contributed by atoms with E-state index in [9.17, 15) is 10.4 Å². The number of hydrogen-bond donors (Lipinski definition) is 1. The first-order valence-electron chi connectivity index (χ1n) is 6.99. The summed E-state index contributed by atoms with van der Waals surface area (Å²) in [4.78, 5) is 0. The van der Waals surface area contributed by atoms with Crippen LogP contribution < -0.4 is 0 Å². The Kier molecular flexibility index (Phi) is 3.30. The minimum Gasteiger partial charge on any atom is -0.391 e. The average molecular weight is 257 g/mol. The van der Waals surface area contributed by atoms with E-state index < -0.39 is 11.5 Å². The molecule has 3 rings (SSSR count). The molecule has 0 saturated carbocycles. The van der Waals surface area contributed by atoms with Gasteiger partial charge in [0.25, 0.3) is 0 Å². The fraction of sp³-hybridized carbons (Fsp3) is 0.562. The van der Waals surface area contributed by atoms with E-state index >= 15 is 0 Å². The smallest absolute Gasteiger partial charge is 0.0879 e. The maximum absolute atomic E-state index is 10.6. The number of hydrogen-bond acceptors (Lipinski definition) is 3. The first-order chi connectivity index (χ1) is 9.25. The van der Waals surface area contributed by atoms with E-state index in [0.29, 0.717) is 19.6 Å². The summed E-state index contributed by atoms with van der Waals surface area (Å²) in [6.07, 6.45) is 2.59. The SMILES string of the molecule is N#CC1(C(O)C2CCOC2)CCc2ccccc2C1. The van der Waals surface area contributed by atoms with Gasteiger partial charge in [-0.05, 0) is 36.8 Å². The van der Waals surface area contributed by atoms with Crippen LogP contribution in [0.15, 0.2) is 24.3 Å². The molecule has 19 heavy (non-hydrogen) atoms. The van der Waals surface area contributed by atoms with Crippen LogP contribution in [0.3, 0.4) is 0 Å². The van der Waals surface area contributed by atoms with Gasteiger partial charge in [-0.25, -0.2) is 0 Å². The molecular formula is C16H19NO2. The Labute approximate surface area is 113 Å². The number of fused-ring (bicyclic) bond motifs is 1. The predicted molar refractivity (Wildman–Crippen MR) is 71.4 cm³/mol. The third-order valence-electron chi connectivity index (χ3n) is 4.66. The van der Waals surface area contributed by atoms with Crippen molar-refractivity contribution in [2.75, 3.05) is 13.2 Å². The second-order valence-electron chi connectivity index (χ2n) is 5.78. The van der Waals surface area contributed by atoms with Gasteiger partial charge in [0.05, 0.1) is 24.2 Å². The van der Waals surface area contributed by atoms with Crippen LogP contribution in [0.5, 0.6) is 0 Å². The molecule has 0 spiro atoms. The molecule has 3 nitrogen and oxygen atoms in total. The topological polar surface area (TPSA) is 53.2 Å². The van der Waals surface area contributed by atoms with E-state index in [4.69, 9.17) is 4.74 Å². The summed E-state index contributed by atoms with van der Waals surface area (Å²) in [6, 6.07) is 10.7. The van der Waals surface area contributed by atoms with Crippen molar-refractivity contribution < 1.29 is 9.84 Å². The van der Waals surface area contributed by atoms with Crippen molar-refractivity contribution in [3.05, 3.63) is 35.4 Å². The van der Waals surface area contributed by atoms with E-state index in [1.165, 1.54) is 11.1 Å². The number of aliphatic hydroxyl groups is 1. The first kappa shape index (κ1) is 12.7. The Balaban J connectivity index is 1.87. The van der Waals surface area contributed by atoms with Crippen molar-refractivity contribution in [1.29, 1.82) is 5.26 Å². The summed E-state index contributed by atoms with van der Waals surface area (Å²) in [5.41, 5.74) is 1.91. The van der Waals surface area contributed by atoms with E-state index in [1.54, 1.807) is 0 Å². The van der Waals surface area contributed by atoms with Gasteiger partial charge in [-0.15, -0.1) is 0 Å². The number of rotatable bonds is 2. The summed E-state index contributed by atoms with van der Waals surface area (Å²) in [5, 5.41) is 20.3. The van der Waals surface area contributed by atoms with Gasteiger partial charge in [0, 0.05) is 12.5 Å². The largest absolute Gasteiger partial charge is 0.391 e. The van der Waals surface area contributed by atoms with Gasteiger partial charge in [0.2, 0.25) is 0 Å². The van der Waals surface area contributed by atoms with E-state index in [2.05, 4.69) is 18.2 Å². The summed E-state index contributed by atoms with van der Waals surface area (Å²) >= 11 is 0. The third-order valence-corrected chi connectivity index (χ3v) is 4.66. The molecule has 3 heteroatoms. The standard InChI is InChI=1S/C16H19NO2/c17-11-16(15(18)14-6-8-19-10-14)7-5-12-3-1-2-4-13(12)9-16/h1-4,14-15,18H,5-10H2. The molecule has 100 valence electrons. The fourth-order valence-corrected chi connectivity index (χ4v) is 3.43. The first-order valence-corrected chi connectivity index (χ1v) is 6.99. The highest BCUT2D eigenvalue weighted by atomic mass is 16.5. The van der Waals surface area contributed by atoms with Gasteiger partial charge in [-0.1, -0.05) is 24.3 Å². The van der Waals surface area contributed by atoms with Gasteiger partial charge in [0.1, 0.15) is 0 Å². The summed E-state index contributed by atoms with van der Waals surface area (Å²) < 4.78 is 5.36. The number of aryl methyl sites for hydroxylation is 1. The van der Waals surface area contributed by atoms with Crippen LogP contribution in [0.4, 0.5) is 0 Å². The zero-order valence-corrected chi connectivity index (χ0v) is 11.0. The molecule has 1 aliphatic heterocycles. The molecule has 1 fully saturated rings. The van der Waals surface area contributed by atoms with Crippen LogP contribution in [0.1, 0.15) is 24.0 Å². The van der Waals surface area contributed by atoms with Crippen molar-refractivity contribution in [3.8, 4) is 6.07 Å². The second kappa shape index (κ2) is 4.96. The highest BCUT2D eigenvalue weighted by molar-refractivity contribution is 5.33. The Bertz CT molecular complexity index is 502. The number of aliphatic hydroxyl groups excluding tert-OH is 1. The van der Waals surface area contributed by atoms with Crippen LogP contribution in [-0.4, -0.2) is 24.4 Å². The second-order valence-corrected chi connectivity index (χ2v) is 5.78. The summed E-state index contributed by atoms with van der Waals surface area (Å²) in [5.74, 6) is 0.116. The minimum absolute atomic E-state index is 0.116. The van der Waals surface area contributed by atoms with Crippen molar-refractivity contribution in [3.63, 3.8) is 0 Å². The van der Waals surface area contributed by atoms with E-state index in [0.717, 1.165) is 19.3 Å². The van der Waals surface area contributed by atoms with Crippen LogP contribution >= 0.6 is 0 Å². The highest BCUT2D eigenvalue weighted by Crippen LogP contribution is 2.41. The molecule has 3 unspecified atom stereocenters. The molecule has 1 aromatic carbocycles. The zero-order chi connectivity index (χ0) is 13.3. The minimum atomic E-state index is -0.632. The molecule has 0 amide bonds. The zero-order valence-electron chi connectivity index (χ0n) is 11.0. The maximum atomic E-state index is 10.6. The monoisotopic (exact) mass is 257 g/mol.